The predicted molar refractivity (Wildman–Crippen MR) is 22.5 cm³/mol. The second-order valence-corrected chi connectivity index (χ2v) is 7.41. The molecule has 0 N–H and O–H groups in total. The average molecular weight is 290 g/mol. The Balaban J connectivity index is 4.84. The minimum atomic E-state index is -4.08. The van der Waals surface area contributed by atoms with Crippen molar-refractivity contribution >= 4 is 0 Å². The molecule has 0 rings (SSSR count). The van der Waals surface area contributed by atoms with Crippen molar-refractivity contribution in [2.24, 2.45) is 0 Å². The summed E-state index contributed by atoms with van der Waals surface area (Å²) in [4.78, 5) is 0. The normalized spacial score (nSPS) is 9.33. The van der Waals surface area contributed by atoms with Gasteiger partial charge >= 0.3 is 54.8 Å². The molecule has 0 aromatic rings. The van der Waals surface area contributed by atoms with Gasteiger partial charge in [0, 0.05) is 0 Å². The van der Waals surface area contributed by atoms with Gasteiger partial charge in [-0.2, -0.15) is 0 Å². The quantitative estimate of drug-likeness (QED) is 0.630. The third-order valence-electron chi connectivity index (χ3n) is 0.507. The van der Waals surface area contributed by atoms with Crippen LogP contribution < -0.4 is 0 Å². The molecule has 0 radical (unpaired) electrons. The maximum absolute atomic E-state index is 8.15. The number of rotatable bonds is 0. The van der Waals surface area contributed by atoms with Gasteiger partial charge in [-0.1, -0.05) is 0 Å². The van der Waals surface area contributed by atoms with E-state index in [1.807, 2.05) is 0 Å². The standard InChI is InChI=1S/4CN.Re/c4*1-2;. The molecule has 43 valence electrons. The summed E-state index contributed by atoms with van der Waals surface area (Å²) >= 11 is -4.08. The van der Waals surface area contributed by atoms with Gasteiger partial charge in [0.15, 0.2) is 0 Å². The second-order valence-electron chi connectivity index (χ2n) is 0.905. The molecule has 0 aliphatic carbocycles. The Morgan fingerprint density at radius 3 is 0.889 bits per heavy atom. The topological polar surface area (TPSA) is 95.2 Å². The van der Waals surface area contributed by atoms with Crippen molar-refractivity contribution in [1.29, 1.82) is 21.0 Å². The Hall–Kier alpha value is -1.38. The number of nitriles is 4. The molecule has 4 nitrogen and oxygen atoms in total. The Morgan fingerprint density at radius 1 is 0.667 bits per heavy atom. The van der Waals surface area contributed by atoms with Crippen LogP contribution in [0.5, 0.6) is 0 Å². The van der Waals surface area contributed by atoms with E-state index in [0.29, 0.717) is 0 Å². The summed E-state index contributed by atoms with van der Waals surface area (Å²) in [7, 11) is 0. The summed E-state index contributed by atoms with van der Waals surface area (Å²) in [5, 5.41) is 32.6. The third kappa shape index (κ3) is 1.25. The van der Waals surface area contributed by atoms with E-state index in [4.69, 9.17) is 21.0 Å². The van der Waals surface area contributed by atoms with Gasteiger partial charge in [-0.25, -0.2) is 0 Å². The van der Waals surface area contributed by atoms with Gasteiger partial charge in [-0.3, -0.25) is 0 Å². The van der Waals surface area contributed by atoms with Gasteiger partial charge in [0.1, 0.15) is 0 Å². The third-order valence-corrected chi connectivity index (χ3v) is 4.15. The first-order valence-corrected chi connectivity index (χ1v) is 7.08. The van der Waals surface area contributed by atoms with Crippen molar-refractivity contribution in [3.8, 4) is 18.2 Å². The molecule has 0 unspecified atom stereocenters. The minimum absolute atomic E-state index is 1.48. The molecule has 0 amide bonds. The predicted octanol–water partition coefficient (Wildman–Crippen LogP) is 0.0646. The fourth-order valence-electron chi connectivity index (χ4n) is 0.113. The summed E-state index contributed by atoms with van der Waals surface area (Å²) in [6.07, 6.45) is 0. The Labute approximate surface area is 55.2 Å². The van der Waals surface area contributed by atoms with Crippen LogP contribution in [0.1, 0.15) is 0 Å². The molecule has 0 bridgehead atoms. The van der Waals surface area contributed by atoms with Crippen molar-refractivity contribution in [3.05, 3.63) is 0 Å². The van der Waals surface area contributed by atoms with Crippen molar-refractivity contribution in [1.82, 2.24) is 0 Å². The second kappa shape index (κ2) is 2.82. The summed E-state index contributed by atoms with van der Waals surface area (Å²) < 4.78 is 5.93. The van der Waals surface area contributed by atoms with E-state index < -0.39 is 15.5 Å². The first-order valence-electron chi connectivity index (χ1n) is 1.65. The van der Waals surface area contributed by atoms with E-state index in [1.165, 1.54) is 18.2 Å². The fourth-order valence-corrected chi connectivity index (χ4v) is 0.928. The molecule has 5 heteroatoms. The summed E-state index contributed by atoms with van der Waals surface area (Å²) in [6.45, 7) is 0. The molecule has 0 saturated heterocycles. The number of nitrogens with zero attached hydrogens (tertiary/aromatic N) is 4. The van der Waals surface area contributed by atoms with Crippen molar-refractivity contribution < 1.29 is 15.5 Å². The van der Waals surface area contributed by atoms with Gasteiger partial charge in [0.05, 0.1) is 0 Å². The van der Waals surface area contributed by atoms with Crippen molar-refractivity contribution in [3.63, 3.8) is 0 Å². The zero-order valence-electron chi connectivity index (χ0n) is 4.17. The molecule has 0 spiro atoms. The van der Waals surface area contributed by atoms with Crippen LogP contribution in [0.2, 0.25) is 0 Å². The zero-order valence-corrected chi connectivity index (χ0v) is 6.88. The zero-order chi connectivity index (χ0) is 7.33. The molecule has 9 heavy (non-hydrogen) atoms. The van der Waals surface area contributed by atoms with Crippen LogP contribution in [0.3, 0.4) is 0 Å². The van der Waals surface area contributed by atoms with Crippen LogP contribution in [0.15, 0.2) is 0 Å². The van der Waals surface area contributed by atoms with Crippen LogP contribution in [-0.4, -0.2) is 0 Å². The van der Waals surface area contributed by atoms with Crippen LogP contribution in [-0.2, 0) is 15.5 Å². The molecule has 0 atom stereocenters. The van der Waals surface area contributed by atoms with Crippen LogP contribution in [0, 0.1) is 39.2 Å². The van der Waals surface area contributed by atoms with Crippen molar-refractivity contribution in [2.45, 2.75) is 0 Å². The van der Waals surface area contributed by atoms with Crippen LogP contribution in [0.4, 0.5) is 0 Å². The van der Waals surface area contributed by atoms with E-state index in [1.54, 1.807) is 0 Å². The van der Waals surface area contributed by atoms with E-state index >= 15 is 0 Å². The van der Waals surface area contributed by atoms with Crippen LogP contribution >= 0.6 is 0 Å². The Bertz CT molecular complexity index is 205. The van der Waals surface area contributed by atoms with Gasteiger partial charge in [-0.05, 0) is 0 Å². The molecular formula is C4N4Re. The van der Waals surface area contributed by atoms with E-state index in [9.17, 15) is 0 Å². The Kier molecular flexibility index (Phi) is 2.38. The molecule has 0 aliphatic rings. The molecule has 0 aromatic heterocycles. The first kappa shape index (κ1) is 7.62. The van der Waals surface area contributed by atoms with E-state index in [2.05, 4.69) is 0 Å². The average Bonchev–Trinajstić information content (AvgIpc) is 1.95. The van der Waals surface area contributed by atoms with Crippen LogP contribution in [0.25, 0.3) is 0 Å². The first-order chi connectivity index (χ1) is 4.24. The van der Waals surface area contributed by atoms with Crippen molar-refractivity contribution in [2.75, 3.05) is 0 Å². The monoisotopic (exact) mass is 291 g/mol. The summed E-state index contributed by atoms with van der Waals surface area (Å²) in [5.41, 5.74) is 0. The number of hydrogen-bond acceptors (Lipinski definition) is 4. The van der Waals surface area contributed by atoms with Gasteiger partial charge in [0.2, 0.25) is 0 Å². The van der Waals surface area contributed by atoms with Gasteiger partial charge < -0.3 is 0 Å². The molecule has 0 aromatic carbocycles. The van der Waals surface area contributed by atoms with E-state index in [-0.39, 0.29) is 0 Å². The van der Waals surface area contributed by atoms with Gasteiger partial charge in [0.25, 0.3) is 0 Å². The Morgan fingerprint density at radius 2 is 0.889 bits per heavy atom. The molecule has 0 fully saturated rings. The SMILES string of the molecule is N#[C][Re]([C]#N)([C]#N)[C]#N. The molecular weight excluding hydrogens is 290 g/mol. The van der Waals surface area contributed by atoms with Gasteiger partial charge in [-0.15, -0.1) is 0 Å². The summed E-state index contributed by atoms with van der Waals surface area (Å²) in [5.74, 6) is 0. The number of hydrogen-bond donors (Lipinski definition) is 0. The molecule has 0 aliphatic heterocycles. The summed E-state index contributed by atoms with van der Waals surface area (Å²) in [6, 6.07) is 0. The fraction of sp³-hybridized carbons (Fsp3) is 0. The maximum atomic E-state index is 8.15. The molecule has 0 heterocycles. The molecule has 0 saturated carbocycles. The van der Waals surface area contributed by atoms with E-state index in [0.717, 1.165) is 0 Å².